The van der Waals surface area contributed by atoms with Crippen molar-refractivity contribution in [2.24, 2.45) is 5.73 Å². The highest BCUT2D eigenvalue weighted by atomic mass is 31.1. The first-order valence-electron chi connectivity index (χ1n) is 3.57. The molecule has 0 amide bonds. The molecule has 11 heavy (non-hydrogen) atoms. The first kappa shape index (κ1) is 11.1. The lowest BCUT2D eigenvalue weighted by Crippen LogP contribution is -2.09. The molecule has 0 aromatic carbocycles. The normalized spacial score (nSPS) is 13.3. The second-order valence-corrected chi connectivity index (χ2v) is 2.83. The van der Waals surface area contributed by atoms with Gasteiger partial charge < -0.3 is 10.3 Å². The van der Waals surface area contributed by atoms with Crippen LogP contribution in [0.5, 0.6) is 0 Å². The Balaban J connectivity index is 3.09. The molecule has 5 nitrogen and oxygen atoms in total. The molecule has 0 fully saturated rings. The zero-order chi connectivity index (χ0) is 8.53. The Kier molecular flexibility index (Phi) is 8.22. The van der Waals surface area contributed by atoms with Crippen molar-refractivity contribution in [3.05, 3.63) is 0 Å². The lowest BCUT2D eigenvalue weighted by molar-refractivity contribution is 0.160. The summed E-state index contributed by atoms with van der Waals surface area (Å²) in [5.74, 6) is 0. The van der Waals surface area contributed by atoms with Crippen LogP contribution in [0, 0.1) is 0 Å². The fourth-order valence-electron chi connectivity index (χ4n) is 0.399. The summed E-state index contributed by atoms with van der Waals surface area (Å²) in [6.45, 7) is 3.38. The average Bonchev–Trinajstić information content (AvgIpc) is 2.01. The van der Waals surface area contributed by atoms with Gasteiger partial charge in [0.25, 0.3) is 0 Å². The van der Waals surface area contributed by atoms with E-state index in [1.165, 1.54) is 0 Å². The van der Waals surface area contributed by atoms with E-state index in [0.717, 1.165) is 0 Å². The summed E-state index contributed by atoms with van der Waals surface area (Å²) in [5, 5.41) is 0. The van der Waals surface area contributed by atoms with Crippen LogP contribution in [0.15, 0.2) is 0 Å². The van der Waals surface area contributed by atoms with Crippen LogP contribution < -0.4 is 11.2 Å². The largest absolute Gasteiger partial charge is 0.335 e. The molecule has 0 bridgehead atoms. The summed E-state index contributed by atoms with van der Waals surface area (Å²) in [5.41, 5.74) is 7.64. The molecule has 0 saturated carbocycles. The smallest absolute Gasteiger partial charge is 0.330 e. The maximum atomic E-state index is 10.7. The third-order valence-corrected chi connectivity index (χ3v) is 1.62. The maximum absolute atomic E-state index is 10.7. The molecule has 0 radical (unpaired) electrons. The van der Waals surface area contributed by atoms with Crippen molar-refractivity contribution < 1.29 is 13.7 Å². The third kappa shape index (κ3) is 7.97. The van der Waals surface area contributed by atoms with Crippen LogP contribution in [-0.4, -0.2) is 19.7 Å². The van der Waals surface area contributed by atoms with E-state index >= 15 is 0 Å². The van der Waals surface area contributed by atoms with E-state index in [-0.39, 0.29) is 0 Å². The number of hydrogen-bond donors (Lipinski definition) is 2. The number of nitrogens with one attached hydrogen (secondary N) is 1. The minimum Gasteiger partial charge on any atom is -0.330 e. The molecule has 0 aliphatic rings. The van der Waals surface area contributed by atoms with Crippen molar-refractivity contribution in [1.82, 2.24) is 5.48 Å². The van der Waals surface area contributed by atoms with Crippen molar-refractivity contribution in [3.63, 3.8) is 0 Å². The third-order valence-electron chi connectivity index (χ3n) is 0.868. The van der Waals surface area contributed by atoms with Crippen LogP contribution in [0.2, 0.25) is 0 Å². The highest BCUT2D eigenvalue weighted by Crippen LogP contribution is 2.21. The summed E-state index contributed by atoms with van der Waals surface area (Å²) in [7, 11) is -2.34. The molecule has 0 heterocycles. The monoisotopic (exact) mass is 182 g/mol. The zero-order valence-corrected chi connectivity index (χ0v) is 7.63. The molecule has 0 saturated heterocycles. The van der Waals surface area contributed by atoms with E-state index in [1.54, 1.807) is 0 Å². The Labute approximate surface area is 67.1 Å². The Bertz CT molecular complexity index is 112. The van der Waals surface area contributed by atoms with Crippen molar-refractivity contribution in [2.75, 3.05) is 19.7 Å². The fraction of sp³-hybridized carbons (Fsp3) is 1.00. The Morgan fingerprint density at radius 2 is 2.36 bits per heavy atom. The lowest BCUT2D eigenvalue weighted by atomic mass is 10.5. The standard InChI is InChI=1S/C5H15N2O3P/c1-2-7-10-11(8)9-5-3-4-6/h7,11H,2-6H2,1H3. The average molecular weight is 182 g/mol. The SMILES string of the molecule is CCNO[PH](=O)OCCCN. The molecule has 0 rings (SSSR count). The van der Waals surface area contributed by atoms with Crippen LogP contribution in [0.25, 0.3) is 0 Å². The van der Waals surface area contributed by atoms with Crippen molar-refractivity contribution in [2.45, 2.75) is 13.3 Å². The Hall–Kier alpha value is 0.0700. The van der Waals surface area contributed by atoms with Crippen LogP contribution >= 0.6 is 8.25 Å². The van der Waals surface area contributed by atoms with E-state index in [2.05, 4.69) is 10.1 Å². The van der Waals surface area contributed by atoms with E-state index in [1.807, 2.05) is 6.92 Å². The van der Waals surface area contributed by atoms with E-state index in [0.29, 0.717) is 26.1 Å². The number of hydrogen-bond acceptors (Lipinski definition) is 5. The topological polar surface area (TPSA) is 73.6 Å². The van der Waals surface area contributed by atoms with Gasteiger partial charge in [-0.2, -0.15) is 5.48 Å². The van der Waals surface area contributed by atoms with Crippen LogP contribution in [0.4, 0.5) is 0 Å². The van der Waals surface area contributed by atoms with Gasteiger partial charge in [0.15, 0.2) is 0 Å². The molecule has 1 atom stereocenters. The molecule has 0 aromatic heterocycles. The summed E-state index contributed by atoms with van der Waals surface area (Å²) in [4.78, 5) is 0. The quantitative estimate of drug-likeness (QED) is 0.336. The lowest BCUT2D eigenvalue weighted by Gasteiger charge is -2.03. The van der Waals surface area contributed by atoms with E-state index < -0.39 is 8.25 Å². The van der Waals surface area contributed by atoms with Crippen molar-refractivity contribution in [3.8, 4) is 0 Å². The Morgan fingerprint density at radius 3 is 2.91 bits per heavy atom. The molecule has 68 valence electrons. The van der Waals surface area contributed by atoms with Crippen LogP contribution in [0.1, 0.15) is 13.3 Å². The molecule has 1 unspecified atom stereocenters. The highest BCUT2D eigenvalue weighted by molar-refractivity contribution is 7.33. The summed E-state index contributed by atoms with van der Waals surface area (Å²) in [6, 6.07) is 0. The van der Waals surface area contributed by atoms with Gasteiger partial charge in [0, 0.05) is 6.54 Å². The minimum absolute atomic E-state index is 0.389. The molecule has 0 spiro atoms. The van der Waals surface area contributed by atoms with Crippen molar-refractivity contribution >= 4 is 8.25 Å². The van der Waals surface area contributed by atoms with Gasteiger partial charge in [-0.15, -0.1) is 0 Å². The van der Waals surface area contributed by atoms with Crippen LogP contribution in [0.3, 0.4) is 0 Å². The molecule has 0 aliphatic heterocycles. The first-order chi connectivity index (χ1) is 5.31. The first-order valence-corrected chi connectivity index (χ1v) is 4.80. The number of hydroxylamine groups is 1. The van der Waals surface area contributed by atoms with Gasteiger partial charge in [-0.1, -0.05) is 6.92 Å². The van der Waals surface area contributed by atoms with Gasteiger partial charge in [-0.05, 0) is 13.0 Å². The van der Waals surface area contributed by atoms with Gasteiger partial charge in [0.2, 0.25) is 0 Å². The number of nitrogens with two attached hydrogens (primary N) is 1. The molecule has 0 aromatic rings. The highest BCUT2D eigenvalue weighted by Gasteiger charge is 1.96. The second-order valence-electron chi connectivity index (χ2n) is 1.84. The van der Waals surface area contributed by atoms with Gasteiger partial charge in [-0.25, -0.2) is 4.62 Å². The van der Waals surface area contributed by atoms with E-state index in [4.69, 9.17) is 10.3 Å². The predicted molar refractivity (Wildman–Crippen MR) is 43.4 cm³/mol. The second kappa shape index (κ2) is 8.17. The van der Waals surface area contributed by atoms with Gasteiger partial charge in [0.05, 0.1) is 6.61 Å². The van der Waals surface area contributed by atoms with Gasteiger partial charge >= 0.3 is 8.25 Å². The molecular weight excluding hydrogens is 167 g/mol. The van der Waals surface area contributed by atoms with Crippen LogP contribution in [-0.2, 0) is 13.7 Å². The summed E-state index contributed by atoms with van der Waals surface area (Å²) in [6.07, 6.45) is 0.700. The minimum atomic E-state index is -2.34. The summed E-state index contributed by atoms with van der Waals surface area (Å²) < 4.78 is 20.1. The van der Waals surface area contributed by atoms with E-state index in [9.17, 15) is 4.57 Å². The maximum Gasteiger partial charge on any atom is 0.335 e. The van der Waals surface area contributed by atoms with Gasteiger partial charge in [-0.3, -0.25) is 4.57 Å². The fourth-order valence-corrected chi connectivity index (χ4v) is 1.03. The summed E-state index contributed by atoms with van der Waals surface area (Å²) >= 11 is 0. The van der Waals surface area contributed by atoms with Crippen molar-refractivity contribution in [1.29, 1.82) is 0 Å². The Morgan fingerprint density at radius 1 is 1.64 bits per heavy atom. The zero-order valence-electron chi connectivity index (χ0n) is 6.63. The van der Waals surface area contributed by atoms with Gasteiger partial charge in [0.1, 0.15) is 0 Å². The predicted octanol–water partition coefficient (Wildman–Crippen LogP) is 0.283. The molecule has 0 aliphatic carbocycles. The number of rotatable bonds is 7. The molecular formula is C5H15N2O3P. The molecule has 3 N–H and O–H groups in total. The molecule has 6 heteroatoms.